The van der Waals surface area contributed by atoms with E-state index in [4.69, 9.17) is 4.74 Å². The largest absolute Gasteiger partial charge is 0.497 e. The zero-order valence-corrected chi connectivity index (χ0v) is 18.8. The maximum absolute atomic E-state index is 14.0. The van der Waals surface area contributed by atoms with Crippen LogP contribution in [0.4, 0.5) is 10.5 Å². The van der Waals surface area contributed by atoms with Crippen molar-refractivity contribution in [2.24, 2.45) is 5.92 Å². The second-order valence-corrected chi connectivity index (χ2v) is 8.78. The lowest BCUT2D eigenvalue weighted by atomic mass is 9.86. The summed E-state index contributed by atoms with van der Waals surface area (Å²) < 4.78 is 5.33. The third-order valence-corrected chi connectivity index (χ3v) is 6.86. The molecule has 5 heteroatoms. The van der Waals surface area contributed by atoms with Gasteiger partial charge in [0, 0.05) is 24.6 Å². The zero-order valence-electron chi connectivity index (χ0n) is 18.8. The highest BCUT2D eigenvalue weighted by Gasteiger charge is 2.52. The molecule has 1 saturated carbocycles. The average molecular weight is 441 g/mol. The number of benzene rings is 3. The molecule has 0 spiro atoms. The fourth-order valence-corrected chi connectivity index (χ4v) is 5.31. The molecule has 1 saturated heterocycles. The van der Waals surface area contributed by atoms with Crippen LogP contribution in [0.15, 0.2) is 84.9 Å². The molecule has 2 amide bonds. The van der Waals surface area contributed by atoms with Gasteiger partial charge in [-0.05, 0) is 48.2 Å². The van der Waals surface area contributed by atoms with Crippen molar-refractivity contribution in [2.75, 3.05) is 12.0 Å². The van der Waals surface area contributed by atoms with Gasteiger partial charge in [-0.15, -0.1) is 0 Å². The fraction of sp³-hybridized carbons (Fsp3) is 0.286. The van der Waals surface area contributed by atoms with Crippen LogP contribution in [0.3, 0.4) is 0 Å². The third-order valence-electron chi connectivity index (χ3n) is 6.86. The number of hydrogen-bond acceptors (Lipinski definition) is 3. The Morgan fingerprint density at radius 2 is 1.55 bits per heavy atom. The summed E-state index contributed by atoms with van der Waals surface area (Å²) in [5.74, 6) is 0.847. The first-order chi connectivity index (χ1) is 16.2. The van der Waals surface area contributed by atoms with E-state index < -0.39 is 0 Å². The molecule has 0 aromatic heterocycles. The van der Waals surface area contributed by atoms with E-state index in [-0.39, 0.29) is 29.8 Å². The molecule has 1 aliphatic carbocycles. The Labute approximate surface area is 194 Å². The van der Waals surface area contributed by atoms with Crippen LogP contribution in [-0.4, -0.2) is 29.9 Å². The summed E-state index contributed by atoms with van der Waals surface area (Å²) in [5.41, 5.74) is 2.91. The lowest BCUT2D eigenvalue weighted by Crippen LogP contribution is -2.41. The van der Waals surface area contributed by atoms with Gasteiger partial charge in [0.1, 0.15) is 11.5 Å². The van der Waals surface area contributed by atoms with Crippen molar-refractivity contribution in [3.05, 3.63) is 96.1 Å². The van der Waals surface area contributed by atoms with Crippen molar-refractivity contribution >= 4 is 17.5 Å². The Kier molecular flexibility index (Phi) is 5.86. The van der Waals surface area contributed by atoms with E-state index in [0.29, 0.717) is 13.0 Å². The number of methoxy groups -OCH3 is 1. The molecule has 0 N–H and O–H groups in total. The molecule has 168 valence electrons. The van der Waals surface area contributed by atoms with Gasteiger partial charge in [0.2, 0.25) is 0 Å². The molecule has 0 bridgehead atoms. The number of ketones is 1. The van der Waals surface area contributed by atoms with Crippen LogP contribution >= 0.6 is 0 Å². The molecule has 0 radical (unpaired) electrons. The van der Waals surface area contributed by atoms with Crippen molar-refractivity contribution in [1.82, 2.24) is 4.90 Å². The van der Waals surface area contributed by atoms with Gasteiger partial charge in [0.15, 0.2) is 0 Å². The first-order valence-corrected chi connectivity index (χ1v) is 11.5. The summed E-state index contributed by atoms with van der Waals surface area (Å²) in [6, 6.07) is 27.2. The van der Waals surface area contributed by atoms with Crippen LogP contribution in [-0.2, 0) is 11.3 Å². The number of rotatable bonds is 6. The van der Waals surface area contributed by atoms with Crippen LogP contribution in [0.25, 0.3) is 0 Å². The lowest BCUT2D eigenvalue weighted by molar-refractivity contribution is -0.122. The van der Waals surface area contributed by atoms with Gasteiger partial charge in [-0.25, -0.2) is 4.79 Å². The smallest absolute Gasteiger partial charge is 0.325 e. The molecule has 1 aliphatic heterocycles. The number of carbonyl (C=O) groups excluding carboxylic acids is 2. The highest BCUT2D eigenvalue weighted by Crippen LogP contribution is 2.45. The van der Waals surface area contributed by atoms with Gasteiger partial charge in [0.25, 0.3) is 0 Å². The second kappa shape index (κ2) is 9.10. The Hall–Kier alpha value is -3.60. The minimum atomic E-state index is -0.247. The maximum atomic E-state index is 14.0. The summed E-state index contributed by atoms with van der Waals surface area (Å²) in [7, 11) is 1.63. The molecule has 2 aliphatic rings. The second-order valence-electron chi connectivity index (χ2n) is 8.78. The number of Topliss-reactive ketones (excluding diaryl/α,β-unsaturated/α-hetero) is 1. The van der Waals surface area contributed by atoms with Gasteiger partial charge >= 0.3 is 6.03 Å². The predicted molar refractivity (Wildman–Crippen MR) is 128 cm³/mol. The van der Waals surface area contributed by atoms with Gasteiger partial charge in [-0.1, -0.05) is 60.7 Å². The van der Waals surface area contributed by atoms with E-state index in [1.54, 1.807) is 7.11 Å². The molecular formula is C28H28N2O3. The summed E-state index contributed by atoms with van der Waals surface area (Å²) in [5, 5.41) is 0. The van der Waals surface area contributed by atoms with Gasteiger partial charge < -0.3 is 9.64 Å². The van der Waals surface area contributed by atoms with Crippen molar-refractivity contribution in [2.45, 2.75) is 37.9 Å². The molecule has 5 rings (SSSR count). The van der Waals surface area contributed by atoms with Crippen LogP contribution < -0.4 is 9.64 Å². The lowest BCUT2D eigenvalue weighted by Gasteiger charge is -2.32. The van der Waals surface area contributed by atoms with E-state index in [2.05, 4.69) is 12.1 Å². The summed E-state index contributed by atoms with van der Waals surface area (Å²) in [6.07, 6.45) is 2.30. The topological polar surface area (TPSA) is 49.9 Å². The molecule has 2 fully saturated rings. The molecule has 5 nitrogen and oxygen atoms in total. The van der Waals surface area contributed by atoms with Crippen LogP contribution in [0.5, 0.6) is 5.75 Å². The number of ether oxygens (including phenoxy) is 1. The van der Waals surface area contributed by atoms with E-state index in [1.807, 2.05) is 82.6 Å². The Bertz CT molecular complexity index is 1110. The van der Waals surface area contributed by atoms with E-state index in [9.17, 15) is 9.59 Å². The van der Waals surface area contributed by atoms with E-state index in [1.165, 1.54) is 0 Å². The standard InChI is InChI=1S/C28H28N2O3/c1-33-23-17-15-22(16-18-23)30-26(21-11-6-3-7-12-21)27(24-13-8-14-25(24)31)29(28(30)32)19-20-9-4-2-5-10-20/h2-7,9-12,15-18,24,26-27H,8,13-14,19H2,1H3/t24?,26-,27-/m0/s1. The zero-order chi connectivity index (χ0) is 22.8. The predicted octanol–water partition coefficient (Wildman–Crippen LogP) is 5.62. The summed E-state index contributed by atoms with van der Waals surface area (Å²) >= 11 is 0. The van der Waals surface area contributed by atoms with Crippen LogP contribution in [0, 0.1) is 5.92 Å². The quantitative estimate of drug-likeness (QED) is 0.500. The molecule has 33 heavy (non-hydrogen) atoms. The molecular weight excluding hydrogens is 412 g/mol. The molecule has 3 aromatic rings. The number of carbonyl (C=O) groups is 2. The number of hydrogen-bond donors (Lipinski definition) is 0. The van der Waals surface area contributed by atoms with Crippen molar-refractivity contribution in [3.8, 4) is 5.75 Å². The van der Waals surface area contributed by atoms with Crippen LogP contribution in [0.2, 0.25) is 0 Å². The third kappa shape index (κ3) is 3.99. The van der Waals surface area contributed by atoms with E-state index in [0.717, 1.165) is 35.4 Å². The fourth-order valence-electron chi connectivity index (χ4n) is 5.31. The summed E-state index contributed by atoms with van der Waals surface area (Å²) in [4.78, 5) is 30.8. The minimum Gasteiger partial charge on any atom is -0.497 e. The average Bonchev–Trinajstić information content (AvgIpc) is 3.40. The molecule has 1 unspecified atom stereocenters. The number of amides is 2. The van der Waals surface area contributed by atoms with Crippen LogP contribution in [0.1, 0.15) is 36.4 Å². The van der Waals surface area contributed by atoms with Crippen molar-refractivity contribution < 1.29 is 14.3 Å². The van der Waals surface area contributed by atoms with Gasteiger partial charge in [-0.2, -0.15) is 0 Å². The molecule has 3 atom stereocenters. The maximum Gasteiger partial charge on any atom is 0.325 e. The number of anilines is 1. The normalized spacial score (nSPS) is 22.8. The first kappa shape index (κ1) is 21.3. The number of nitrogens with zero attached hydrogens (tertiary/aromatic N) is 2. The first-order valence-electron chi connectivity index (χ1n) is 11.5. The van der Waals surface area contributed by atoms with Crippen molar-refractivity contribution in [1.29, 1.82) is 0 Å². The van der Waals surface area contributed by atoms with Gasteiger partial charge in [-0.3, -0.25) is 9.69 Å². The highest BCUT2D eigenvalue weighted by atomic mass is 16.5. The van der Waals surface area contributed by atoms with Crippen molar-refractivity contribution in [3.63, 3.8) is 0 Å². The number of urea groups is 1. The monoisotopic (exact) mass is 440 g/mol. The summed E-state index contributed by atoms with van der Waals surface area (Å²) in [6.45, 7) is 0.476. The van der Waals surface area contributed by atoms with E-state index >= 15 is 0 Å². The Morgan fingerprint density at radius 3 is 2.15 bits per heavy atom. The Morgan fingerprint density at radius 1 is 0.879 bits per heavy atom. The SMILES string of the molecule is COc1ccc(N2C(=O)N(Cc3ccccc3)[C@@H](C3CCCC3=O)[C@@H]2c2ccccc2)cc1. The highest BCUT2D eigenvalue weighted by molar-refractivity contribution is 5.97. The minimum absolute atomic E-state index is 0.0671. The Balaban J connectivity index is 1.63. The molecule has 1 heterocycles. The van der Waals surface area contributed by atoms with Gasteiger partial charge in [0.05, 0.1) is 19.2 Å². The molecule has 3 aromatic carbocycles.